The molecule has 1 aromatic rings. The molecule has 1 N–H and O–H groups in total. The molecule has 1 aromatic carbocycles. The molecule has 2 aliphatic rings. The molecule has 1 unspecified atom stereocenters. The van der Waals surface area contributed by atoms with Crippen LogP contribution in [0.4, 0.5) is 4.39 Å². The molecule has 1 amide bonds. The van der Waals surface area contributed by atoms with Crippen molar-refractivity contribution >= 4 is 5.91 Å². The molecular weight excluding hydrogens is 271 g/mol. The third-order valence-corrected chi connectivity index (χ3v) is 4.50. The highest BCUT2D eigenvalue weighted by molar-refractivity contribution is 5.94. The number of rotatable bonds is 3. The van der Waals surface area contributed by atoms with E-state index in [1.807, 2.05) is 4.90 Å². The van der Waals surface area contributed by atoms with Crippen LogP contribution in [0.25, 0.3) is 0 Å². The van der Waals surface area contributed by atoms with E-state index >= 15 is 0 Å². The van der Waals surface area contributed by atoms with Gasteiger partial charge in [0.05, 0.1) is 0 Å². The maximum atomic E-state index is 13.4. The summed E-state index contributed by atoms with van der Waals surface area (Å²) in [6.07, 6.45) is 4.50. The molecule has 1 atom stereocenters. The summed E-state index contributed by atoms with van der Waals surface area (Å²) in [5.74, 6) is -1.28. The van der Waals surface area contributed by atoms with E-state index in [4.69, 9.17) is 0 Å². The number of hydrogen-bond acceptors (Lipinski definition) is 3. The van der Waals surface area contributed by atoms with E-state index in [0.29, 0.717) is 5.56 Å². The van der Waals surface area contributed by atoms with Gasteiger partial charge in [0.15, 0.2) is 11.6 Å². The summed E-state index contributed by atoms with van der Waals surface area (Å²) >= 11 is 0. The second kappa shape index (κ2) is 6.02. The Morgan fingerprint density at radius 3 is 2.71 bits per heavy atom. The molecule has 3 rings (SSSR count). The van der Waals surface area contributed by atoms with Crippen molar-refractivity contribution in [3.05, 3.63) is 29.6 Å². The van der Waals surface area contributed by atoms with Crippen LogP contribution in [0.2, 0.25) is 0 Å². The Bertz CT molecular complexity index is 529. The number of halogens is 1. The fourth-order valence-electron chi connectivity index (χ4n) is 3.36. The number of amides is 1. The van der Waals surface area contributed by atoms with E-state index in [1.165, 1.54) is 25.0 Å². The highest BCUT2D eigenvalue weighted by Crippen LogP contribution is 2.24. The Kier molecular flexibility index (Phi) is 4.10. The van der Waals surface area contributed by atoms with Crippen molar-refractivity contribution in [2.45, 2.75) is 31.7 Å². The van der Waals surface area contributed by atoms with Crippen molar-refractivity contribution in [2.75, 3.05) is 26.2 Å². The van der Waals surface area contributed by atoms with Crippen LogP contribution in [-0.2, 0) is 0 Å². The second-order valence-electron chi connectivity index (χ2n) is 5.97. The van der Waals surface area contributed by atoms with Crippen molar-refractivity contribution < 1.29 is 14.3 Å². The average molecular weight is 292 g/mol. The summed E-state index contributed by atoms with van der Waals surface area (Å²) in [7, 11) is 0. The van der Waals surface area contributed by atoms with E-state index in [-0.39, 0.29) is 11.9 Å². The second-order valence-corrected chi connectivity index (χ2v) is 5.97. The van der Waals surface area contributed by atoms with Gasteiger partial charge in [-0.15, -0.1) is 0 Å². The Hall–Kier alpha value is -1.62. The van der Waals surface area contributed by atoms with Crippen molar-refractivity contribution in [3.8, 4) is 5.75 Å². The normalized spacial score (nSPS) is 22.9. The van der Waals surface area contributed by atoms with Gasteiger partial charge in [0.25, 0.3) is 5.91 Å². The van der Waals surface area contributed by atoms with E-state index in [0.717, 1.165) is 45.1 Å². The van der Waals surface area contributed by atoms with Gasteiger partial charge in [-0.1, -0.05) is 0 Å². The Morgan fingerprint density at radius 2 is 2.00 bits per heavy atom. The number of nitrogens with zero attached hydrogens (tertiary/aromatic N) is 2. The zero-order valence-corrected chi connectivity index (χ0v) is 12.1. The molecule has 0 radical (unpaired) electrons. The monoisotopic (exact) mass is 292 g/mol. The lowest BCUT2D eigenvalue weighted by Crippen LogP contribution is -2.42. The molecule has 2 fully saturated rings. The number of hydrogen-bond donors (Lipinski definition) is 1. The van der Waals surface area contributed by atoms with E-state index in [1.54, 1.807) is 0 Å². The summed E-state index contributed by atoms with van der Waals surface area (Å²) in [5.41, 5.74) is 0.318. The van der Waals surface area contributed by atoms with Gasteiger partial charge < -0.3 is 14.9 Å². The molecule has 2 heterocycles. The van der Waals surface area contributed by atoms with Gasteiger partial charge in [0, 0.05) is 24.7 Å². The zero-order chi connectivity index (χ0) is 14.8. The minimum atomic E-state index is -0.740. The summed E-state index contributed by atoms with van der Waals surface area (Å²) in [6.45, 7) is 3.89. The Morgan fingerprint density at radius 1 is 1.24 bits per heavy atom. The molecule has 0 saturated carbocycles. The predicted molar refractivity (Wildman–Crippen MR) is 77.8 cm³/mol. The highest BCUT2D eigenvalue weighted by atomic mass is 19.1. The molecule has 0 aliphatic carbocycles. The molecule has 5 heteroatoms. The molecule has 0 aromatic heterocycles. The van der Waals surface area contributed by atoms with Crippen LogP contribution in [0.5, 0.6) is 5.75 Å². The molecule has 114 valence electrons. The van der Waals surface area contributed by atoms with E-state index in [2.05, 4.69) is 4.90 Å². The lowest BCUT2D eigenvalue weighted by atomic mass is 10.1. The van der Waals surface area contributed by atoms with Crippen molar-refractivity contribution in [1.29, 1.82) is 0 Å². The van der Waals surface area contributed by atoms with Crippen LogP contribution in [0.3, 0.4) is 0 Å². The van der Waals surface area contributed by atoms with Gasteiger partial charge >= 0.3 is 0 Å². The van der Waals surface area contributed by atoms with Crippen LogP contribution in [0.1, 0.15) is 36.0 Å². The molecule has 4 nitrogen and oxygen atoms in total. The summed E-state index contributed by atoms with van der Waals surface area (Å²) in [4.78, 5) is 16.8. The van der Waals surface area contributed by atoms with Crippen molar-refractivity contribution in [2.24, 2.45) is 0 Å². The third kappa shape index (κ3) is 3.02. The van der Waals surface area contributed by atoms with Gasteiger partial charge in [0.1, 0.15) is 0 Å². The van der Waals surface area contributed by atoms with Crippen molar-refractivity contribution in [3.63, 3.8) is 0 Å². The Labute approximate surface area is 124 Å². The molecule has 2 saturated heterocycles. The first kappa shape index (κ1) is 14.3. The van der Waals surface area contributed by atoms with Crippen LogP contribution in [0.15, 0.2) is 18.2 Å². The van der Waals surface area contributed by atoms with Gasteiger partial charge in [-0.2, -0.15) is 0 Å². The third-order valence-electron chi connectivity index (χ3n) is 4.50. The van der Waals surface area contributed by atoms with Crippen LogP contribution in [0, 0.1) is 5.82 Å². The quantitative estimate of drug-likeness (QED) is 0.929. The van der Waals surface area contributed by atoms with Crippen LogP contribution < -0.4 is 0 Å². The zero-order valence-electron chi connectivity index (χ0n) is 12.1. The smallest absolute Gasteiger partial charge is 0.254 e. The SMILES string of the molecule is O=C(c1ccc(O)c(F)c1)N1CCCC1CN1CCCC1. The van der Waals surface area contributed by atoms with E-state index in [9.17, 15) is 14.3 Å². The first-order valence-corrected chi connectivity index (χ1v) is 7.67. The largest absolute Gasteiger partial charge is 0.505 e. The lowest BCUT2D eigenvalue weighted by molar-refractivity contribution is 0.0708. The standard InChI is InChI=1S/C16H21FN2O2/c17-14-10-12(5-6-15(14)20)16(21)19-9-3-4-13(19)11-18-7-1-2-8-18/h5-6,10,13,20H,1-4,7-9,11H2. The topological polar surface area (TPSA) is 43.8 Å². The predicted octanol–water partition coefficient (Wildman–Crippen LogP) is 2.23. The summed E-state index contributed by atoms with van der Waals surface area (Å²) in [6, 6.07) is 4.09. The molecule has 0 bridgehead atoms. The number of aromatic hydroxyl groups is 1. The number of benzene rings is 1. The molecule has 2 aliphatic heterocycles. The van der Waals surface area contributed by atoms with E-state index < -0.39 is 11.6 Å². The minimum Gasteiger partial charge on any atom is -0.505 e. The number of likely N-dealkylation sites (tertiary alicyclic amines) is 2. The molecular formula is C16H21FN2O2. The average Bonchev–Trinajstić information content (AvgIpc) is 3.13. The van der Waals surface area contributed by atoms with Crippen LogP contribution in [-0.4, -0.2) is 53.0 Å². The first-order chi connectivity index (χ1) is 10.1. The van der Waals surface area contributed by atoms with Gasteiger partial charge in [-0.3, -0.25) is 4.79 Å². The van der Waals surface area contributed by atoms with Gasteiger partial charge in [-0.25, -0.2) is 4.39 Å². The molecule has 0 spiro atoms. The fourth-order valence-corrected chi connectivity index (χ4v) is 3.36. The Balaban J connectivity index is 1.71. The number of carbonyl (C=O) groups is 1. The minimum absolute atomic E-state index is 0.129. The van der Waals surface area contributed by atoms with Gasteiger partial charge in [0.2, 0.25) is 0 Å². The van der Waals surface area contributed by atoms with Crippen LogP contribution >= 0.6 is 0 Å². The summed E-state index contributed by atoms with van der Waals surface area (Å²) < 4.78 is 13.4. The van der Waals surface area contributed by atoms with Gasteiger partial charge in [-0.05, 0) is 57.0 Å². The lowest BCUT2D eigenvalue weighted by Gasteiger charge is -2.28. The maximum absolute atomic E-state index is 13.4. The summed E-state index contributed by atoms with van der Waals surface area (Å²) in [5, 5.41) is 9.23. The number of phenolic OH excluding ortho intramolecular Hbond substituents is 1. The fraction of sp³-hybridized carbons (Fsp3) is 0.562. The maximum Gasteiger partial charge on any atom is 0.254 e. The van der Waals surface area contributed by atoms with Crippen molar-refractivity contribution in [1.82, 2.24) is 9.80 Å². The number of carbonyl (C=O) groups excluding carboxylic acids is 1. The first-order valence-electron chi connectivity index (χ1n) is 7.67. The molecule has 21 heavy (non-hydrogen) atoms. The number of phenols is 1. The highest BCUT2D eigenvalue weighted by Gasteiger charge is 2.31.